The maximum absolute atomic E-state index is 13.7. The molecule has 3 aliphatic rings. The molecular formula is C38H42N2O12S2. The van der Waals surface area contributed by atoms with Gasteiger partial charge < -0.3 is 33.0 Å². The van der Waals surface area contributed by atoms with Crippen LogP contribution in [0.1, 0.15) is 81.4 Å². The summed E-state index contributed by atoms with van der Waals surface area (Å²) in [7, 11) is 3.85. The molecule has 0 bridgehead atoms. The number of carbonyl (C=O) groups is 5. The molecule has 3 aromatic rings. The predicted octanol–water partition coefficient (Wildman–Crippen LogP) is 5.75. The molecule has 3 aliphatic heterocycles. The van der Waals surface area contributed by atoms with Crippen molar-refractivity contribution in [3.63, 3.8) is 0 Å². The molecule has 1 fully saturated rings. The summed E-state index contributed by atoms with van der Waals surface area (Å²) in [5, 5.41) is 1.62. The number of hydrogen-bond acceptors (Lipinski definition) is 15. The number of para-hydroxylation sites is 1. The highest BCUT2D eigenvalue weighted by Gasteiger charge is 2.51. The highest BCUT2D eigenvalue weighted by Crippen LogP contribution is 2.42. The van der Waals surface area contributed by atoms with Crippen molar-refractivity contribution in [1.29, 1.82) is 0 Å². The Morgan fingerprint density at radius 1 is 0.944 bits per heavy atom. The van der Waals surface area contributed by atoms with E-state index in [0.29, 0.717) is 23.1 Å². The molecule has 5 heterocycles. The molecule has 0 saturated carbocycles. The van der Waals surface area contributed by atoms with Gasteiger partial charge in [-0.05, 0) is 50.3 Å². The first-order valence-electron chi connectivity index (χ1n) is 18.1. The van der Waals surface area contributed by atoms with Crippen molar-refractivity contribution >= 4 is 62.5 Å². The van der Waals surface area contributed by atoms with Crippen molar-refractivity contribution in [1.82, 2.24) is 9.55 Å². The molecule has 16 heteroatoms. The van der Waals surface area contributed by atoms with E-state index in [2.05, 4.69) is 0 Å². The number of aromatic nitrogens is 2. The van der Waals surface area contributed by atoms with E-state index in [4.69, 9.17) is 33.4 Å². The summed E-state index contributed by atoms with van der Waals surface area (Å²) in [6, 6.07) is 11.1. The Morgan fingerprint density at radius 3 is 2.43 bits per heavy atom. The molecule has 14 nitrogen and oxygen atoms in total. The van der Waals surface area contributed by atoms with Crippen LogP contribution in [0.15, 0.2) is 41.2 Å². The number of unbranched alkanes of at least 4 members (excludes halogenated alkanes) is 1. The standard InChI is InChI=1S/C38H42N2O12S2/c1-2-38(28-21-30-34-25(20-24-8-3-5-10-29(24)39-34)22-40(30)35(44)27(28)23-50-36(38)45)52-37(46)51-33(43)13-7-12-32(42)49-18-16-47-15-17-48-31(41)11-6-4-9-26-14-19-53-54-26/h3,5,8,10,20-21,26H,2,4,6-7,9,11-19,22-23H2,1H3. The van der Waals surface area contributed by atoms with E-state index in [1.165, 1.54) is 12.2 Å². The quantitative estimate of drug-likeness (QED) is 0.0416. The monoisotopic (exact) mass is 782 g/mol. The van der Waals surface area contributed by atoms with Crippen molar-refractivity contribution in [2.24, 2.45) is 0 Å². The van der Waals surface area contributed by atoms with Crippen molar-refractivity contribution in [3.05, 3.63) is 63.4 Å². The lowest BCUT2D eigenvalue weighted by atomic mass is 9.85. The highest BCUT2D eigenvalue weighted by molar-refractivity contribution is 8.77. The van der Waals surface area contributed by atoms with Gasteiger partial charge in [-0.1, -0.05) is 53.1 Å². The highest BCUT2D eigenvalue weighted by atomic mass is 33.1. The molecular weight excluding hydrogens is 741 g/mol. The zero-order valence-electron chi connectivity index (χ0n) is 30.0. The van der Waals surface area contributed by atoms with Crippen molar-refractivity contribution in [2.75, 3.05) is 32.2 Å². The minimum Gasteiger partial charge on any atom is -0.463 e. The van der Waals surface area contributed by atoms with E-state index in [9.17, 15) is 28.8 Å². The molecule has 0 N–H and O–H groups in total. The molecule has 0 radical (unpaired) electrons. The van der Waals surface area contributed by atoms with Crippen LogP contribution in [0, 0.1) is 0 Å². The number of esters is 4. The van der Waals surface area contributed by atoms with Crippen LogP contribution in [-0.2, 0) is 66.4 Å². The molecule has 1 saturated heterocycles. The minimum absolute atomic E-state index is 0.0218. The Morgan fingerprint density at radius 2 is 1.69 bits per heavy atom. The second-order valence-electron chi connectivity index (χ2n) is 13.1. The van der Waals surface area contributed by atoms with Gasteiger partial charge in [0, 0.05) is 46.8 Å². The maximum atomic E-state index is 13.7. The van der Waals surface area contributed by atoms with E-state index in [1.807, 2.05) is 51.9 Å². The number of benzene rings is 1. The van der Waals surface area contributed by atoms with E-state index in [1.54, 1.807) is 17.6 Å². The van der Waals surface area contributed by atoms with Gasteiger partial charge in [0.25, 0.3) is 5.56 Å². The number of fused-ring (bicyclic) bond motifs is 5. The fourth-order valence-electron chi connectivity index (χ4n) is 6.65. The van der Waals surface area contributed by atoms with Crippen LogP contribution in [0.2, 0.25) is 0 Å². The Hall–Kier alpha value is -4.41. The largest absolute Gasteiger partial charge is 0.517 e. The predicted molar refractivity (Wildman–Crippen MR) is 198 cm³/mol. The molecule has 2 aromatic heterocycles. The smallest absolute Gasteiger partial charge is 0.463 e. The number of hydrogen-bond donors (Lipinski definition) is 0. The van der Waals surface area contributed by atoms with E-state index < -0.39 is 35.2 Å². The third kappa shape index (κ3) is 9.27. The maximum Gasteiger partial charge on any atom is 0.517 e. The second kappa shape index (κ2) is 18.3. The van der Waals surface area contributed by atoms with Gasteiger partial charge in [-0.15, -0.1) is 0 Å². The van der Waals surface area contributed by atoms with Crippen LogP contribution in [-0.4, -0.2) is 77.0 Å². The van der Waals surface area contributed by atoms with Crippen LogP contribution in [0.5, 0.6) is 0 Å². The summed E-state index contributed by atoms with van der Waals surface area (Å²) < 4.78 is 32.8. The van der Waals surface area contributed by atoms with Crippen LogP contribution >= 0.6 is 21.6 Å². The molecule has 0 spiro atoms. The Bertz CT molecular complexity index is 1960. The first-order chi connectivity index (χ1) is 26.2. The number of pyridine rings is 2. The van der Waals surface area contributed by atoms with Crippen LogP contribution in [0.25, 0.3) is 22.3 Å². The molecule has 2 atom stereocenters. The molecule has 54 heavy (non-hydrogen) atoms. The van der Waals surface area contributed by atoms with Crippen molar-refractivity contribution in [3.8, 4) is 11.4 Å². The third-order valence-electron chi connectivity index (χ3n) is 9.47. The van der Waals surface area contributed by atoms with Gasteiger partial charge in [-0.25, -0.2) is 14.6 Å². The van der Waals surface area contributed by atoms with Crippen molar-refractivity contribution in [2.45, 2.75) is 88.7 Å². The summed E-state index contributed by atoms with van der Waals surface area (Å²) in [6.07, 6.45) is 2.59. The minimum atomic E-state index is -2.04. The number of rotatable bonds is 17. The zero-order valence-corrected chi connectivity index (χ0v) is 31.6. The van der Waals surface area contributed by atoms with E-state index >= 15 is 0 Å². The normalized spacial score (nSPS) is 18.3. The van der Waals surface area contributed by atoms with Crippen molar-refractivity contribution < 1.29 is 52.4 Å². The number of carbonyl (C=O) groups excluding carboxylic acids is 5. The third-order valence-corrected chi connectivity index (χ3v) is 12.5. The Kier molecular flexibility index (Phi) is 13.3. The second-order valence-corrected chi connectivity index (χ2v) is 15.9. The van der Waals surface area contributed by atoms with Gasteiger partial charge in [-0.2, -0.15) is 0 Å². The number of nitrogens with zero attached hydrogens (tertiary/aromatic N) is 2. The first kappa shape index (κ1) is 39.3. The SMILES string of the molecule is CCC1(OC(=O)OC(=O)CCCC(=O)OCCOCCOC(=O)CCCCC2CCSS2)C(=O)OCc2c1cc1n(c2=O)Cc2cc3ccccc3nc2-1. The summed E-state index contributed by atoms with van der Waals surface area (Å²) in [5.41, 5.74) is 0.456. The number of cyclic esters (lactones) is 1. The van der Waals surface area contributed by atoms with Gasteiger partial charge in [0.05, 0.1) is 42.2 Å². The lowest BCUT2D eigenvalue weighted by Gasteiger charge is -2.35. The summed E-state index contributed by atoms with van der Waals surface area (Å²) in [6.45, 7) is 1.92. The Balaban J connectivity index is 0.913. The van der Waals surface area contributed by atoms with Gasteiger partial charge >= 0.3 is 30.0 Å². The molecule has 0 aliphatic carbocycles. The molecule has 1 aromatic carbocycles. The van der Waals surface area contributed by atoms with Crippen LogP contribution < -0.4 is 5.56 Å². The summed E-state index contributed by atoms with van der Waals surface area (Å²) in [5.74, 6) is -1.51. The topological polar surface area (TPSA) is 176 Å². The fraction of sp³-hybridized carbons (Fsp3) is 0.500. The first-order valence-corrected chi connectivity index (χ1v) is 20.5. The van der Waals surface area contributed by atoms with Gasteiger partial charge in [0.2, 0.25) is 5.60 Å². The fourth-order valence-corrected chi connectivity index (χ4v) is 9.68. The lowest BCUT2D eigenvalue weighted by Crippen LogP contribution is -2.47. The van der Waals surface area contributed by atoms with Crippen LogP contribution in [0.3, 0.4) is 0 Å². The number of ether oxygens (including phenoxy) is 6. The molecule has 6 rings (SSSR count). The molecule has 2 unspecified atom stereocenters. The average molecular weight is 783 g/mol. The van der Waals surface area contributed by atoms with Gasteiger partial charge in [-0.3, -0.25) is 19.2 Å². The van der Waals surface area contributed by atoms with Crippen LogP contribution in [0.4, 0.5) is 4.79 Å². The average Bonchev–Trinajstić information content (AvgIpc) is 3.81. The summed E-state index contributed by atoms with van der Waals surface area (Å²) >= 11 is 0. The van der Waals surface area contributed by atoms with E-state index in [0.717, 1.165) is 35.7 Å². The molecule has 0 amide bonds. The molecule has 288 valence electrons. The van der Waals surface area contributed by atoms with E-state index in [-0.39, 0.29) is 82.4 Å². The van der Waals surface area contributed by atoms with Gasteiger partial charge in [0.15, 0.2) is 0 Å². The Labute approximate surface area is 319 Å². The zero-order chi connectivity index (χ0) is 38.1. The van der Waals surface area contributed by atoms with Gasteiger partial charge in [0.1, 0.15) is 19.8 Å². The summed E-state index contributed by atoms with van der Waals surface area (Å²) in [4.78, 5) is 81.0. The lowest BCUT2D eigenvalue weighted by molar-refractivity contribution is -0.177.